The van der Waals surface area contributed by atoms with E-state index in [4.69, 9.17) is 25.8 Å². The van der Waals surface area contributed by atoms with Crippen molar-refractivity contribution >= 4 is 23.5 Å². The van der Waals surface area contributed by atoms with Gasteiger partial charge in [-0.2, -0.15) is 5.26 Å². The van der Waals surface area contributed by atoms with E-state index >= 15 is 0 Å². The zero-order valence-corrected chi connectivity index (χ0v) is 34.1. The molecule has 1 amide bonds. The number of aliphatic hydroxyl groups excluding tert-OH is 1. The summed E-state index contributed by atoms with van der Waals surface area (Å²) in [4.78, 5) is 27.4. The number of benzene rings is 4. The number of hydrogen-bond acceptors (Lipinski definition) is 10. The molecule has 1 aliphatic rings. The number of carboxylic acids is 1. The minimum absolute atomic E-state index is 0.0223. The van der Waals surface area contributed by atoms with Crippen LogP contribution in [0, 0.1) is 25.2 Å². The molecule has 2 heterocycles. The number of carbonyl (C=O) groups excluding carboxylic acids is 1. The van der Waals surface area contributed by atoms with E-state index < -0.39 is 18.1 Å². The van der Waals surface area contributed by atoms with E-state index in [1.165, 1.54) is 13.1 Å². The van der Waals surface area contributed by atoms with Crippen molar-refractivity contribution in [1.29, 1.82) is 5.26 Å². The Bertz CT molecular complexity index is 2330. The third-order valence-electron chi connectivity index (χ3n) is 10.5. The smallest absolute Gasteiger partial charge is 0.326 e. The topological polar surface area (TPSA) is 175 Å². The highest BCUT2D eigenvalue weighted by molar-refractivity contribution is 6.32. The predicted octanol–water partition coefficient (Wildman–Crippen LogP) is 6.89. The van der Waals surface area contributed by atoms with Crippen molar-refractivity contribution in [3.63, 3.8) is 0 Å². The Kier molecular flexibility index (Phi) is 14.2. The summed E-state index contributed by atoms with van der Waals surface area (Å²) in [6.07, 6.45) is 4.52. The predicted molar refractivity (Wildman–Crippen MR) is 225 cm³/mol. The van der Waals surface area contributed by atoms with Crippen molar-refractivity contribution in [3.05, 3.63) is 130 Å². The average Bonchev–Trinajstić information content (AvgIpc) is 3.67. The maximum absolute atomic E-state index is 11.9. The number of carbonyl (C=O) groups is 2. The number of ether oxygens (including phenoxy) is 3. The van der Waals surface area contributed by atoms with Gasteiger partial charge < -0.3 is 35.1 Å². The minimum Gasteiger partial charge on any atom is -0.492 e. The van der Waals surface area contributed by atoms with Crippen molar-refractivity contribution in [2.24, 2.45) is 0 Å². The van der Waals surface area contributed by atoms with Gasteiger partial charge in [-0.3, -0.25) is 19.9 Å². The normalized spacial score (nSPS) is 14.6. The van der Waals surface area contributed by atoms with Crippen LogP contribution in [0.4, 0.5) is 0 Å². The summed E-state index contributed by atoms with van der Waals surface area (Å²) in [6, 6.07) is 27.8. The first kappa shape index (κ1) is 42.6. The molecular weight excluding hydrogens is 770 g/mol. The zero-order chi connectivity index (χ0) is 41.9. The van der Waals surface area contributed by atoms with Gasteiger partial charge in [0.15, 0.2) is 0 Å². The van der Waals surface area contributed by atoms with Gasteiger partial charge in [-0.05, 0) is 90.4 Å². The number of nitrogens with one attached hydrogen (secondary N) is 3. The molecule has 13 heteroatoms. The van der Waals surface area contributed by atoms with Gasteiger partial charge in [-0.15, -0.1) is 0 Å². The first-order valence-corrected chi connectivity index (χ1v) is 19.8. The van der Waals surface area contributed by atoms with Crippen LogP contribution in [0.15, 0.2) is 91.3 Å². The second-order valence-corrected chi connectivity index (χ2v) is 15.2. The third-order valence-corrected chi connectivity index (χ3v) is 10.8. The van der Waals surface area contributed by atoms with E-state index in [1.807, 2.05) is 24.3 Å². The van der Waals surface area contributed by atoms with Crippen LogP contribution < -0.4 is 30.2 Å². The van der Waals surface area contributed by atoms with Gasteiger partial charge in [0, 0.05) is 61.7 Å². The Morgan fingerprint density at radius 1 is 0.949 bits per heavy atom. The van der Waals surface area contributed by atoms with Gasteiger partial charge in [-0.25, -0.2) is 0 Å². The van der Waals surface area contributed by atoms with Gasteiger partial charge >= 0.3 is 5.97 Å². The number of rotatable bonds is 19. The fourth-order valence-electron chi connectivity index (χ4n) is 6.84. The lowest BCUT2D eigenvalue weighted by Crippen LogP contribution is -2.52. The molecule has 0 saturated carbocycles. The number of nitriles is 1. The SMILES string of the molecule is Cc1c(COc2cc(OCc3cncc(C#N)c3)c(CN[C@@](C)(CO)C(=O)O)cc2Cl)cccc1-c1cccc(-c2ccc(OCCNC[C@@H]3CCC(=O)N3)cc2)c1C. The van der Waals surface area contributed by atoms with Crippen LogP contribution in [0.5, 0.6) is 17.2 Å². The molecule has 0 unspecified atom stereocenters. The van der Waals surface area contributed by atoms with E-state index in [-0.39, 0.29) is 31.7 Å². The van der Waals surface area contributed by atoms with Crippen molar-refractivity contribution in [2.45, 2.75) is 65.0 Å². The maximum Gasteiger partial charge on any atom is 0.326 e. The monoisotopic (exact) mass is 817 g/mol. The van der Waals surface area contributed by atoms with E-state index in [0.29, 0.717) is 52.8 Å². The average molecular weight is 818 g/mol. The van der Waals surface area contributed by atoms with Crippen LogP contribution in [-0.4, -0.2) is 65.0 Å². The third kappa shape index (κ3) is 10.8. The molecule has 5 N–H and O–H groups in total. The van der Waals surface area contributed by atoms with Gasteiger partial charge in [0.25, 0.3) is 0 Å². The fraction of sp³-hybridized carbons (Fsp3) is 0.304. The highest BCUT2D eigenvalue weighted by atomic mass is 35.5. The molecule has 1 saturated heterocycles. The second kappa shape index (κ2) is 19.7. The summed E-state index contributed by atoms with van der Waals surface area (Å²) in [5.41, 5.74) is 7.51. The molecule has 0 spiro atoms. The number of aliphatic hydroxyl groups is 1. The Labute approximate surface area is 349 Å². The van der Waals surface area contributed by atoms with Gasteiger partial charge in [0.2, 0.25) is 5.91 Å². The van der Waals surface area contributed by atoms with Crippen LogP contribution in [0.3, 0.4) is 0 Å². The van der Waals surface area contributed by atoms with Gasteiger partial charge in [0.05, 0.1) is 17.2 Å². The van der Waals surface area contributed by atoms with Crippen molar-refractivity contribution in [1.82, 2.24) is 20.9 Å². The Morgan fingerprint density at radius 2 is 1.68 bits per heavy atom. The molecule has 6 rings (SSSR count). The largest absolute Gasteiger partial charge is 0.492 e. The Morgan fingerprint density at radius 3 is 2.39 bits per heavy atom. The summed E-state index contributed by atoms with van der Waals surface area (Å²) in [7, 11) is 0. The molecule has 1 aromatic heterocycles. The summed E-state index contributed by atoms with van der Waals surface area (Å²) in [6.45, 7) is 7.20. The van der Waals surface area contributed by atoms with E-state index in [1.54, 1.807) is 24.4 Å². The number of halogens is 1. The number of carboxylic acid groups (broad SMARTS) is 1. The lowest BCUT2D eigenvalue weighted by molar-refractivity contribution is -0.146. The molecule has 1 fully saturated rings. The second-order valence-electron chi connectivity index (χ2n) is 14.8. The molecule has 306 valence electrons. The summed E-state index contributed by atoms with van der Waals surface area (Å²) in [5, 5.41) is 38.3. The summed E-state index contributed by atoms with van der Waals surface area (Å²) in [5.74, 6) is 0.445. The highest BCUT2D eigenvalue weighted by Gasteiger charge is 2.32. The molecule has 1 aliphatic heterocycles. The van der Waals surface area contributed by atoms with Crippen LogP contribution in [0.25, 0.3) is 22.3 Å². The quantitative estimate of drug-likeness (QED) is 0.0549. The molecule has 4 aromatic carbocycles. The molecule has 0 aliphatic carbocycles. The van der Waals surface area contributed by atoms with E-state index in [2.05, 4.69) is 77.2 Å². The van der Waals surface area contributed by atoms with Gasteiger partial charge in [0.1, 0.15) is 48.7 Å². The Balaban J connectivity index is 1.15. The number of pyridine rings is 1. The number of nitrogens with zero attached hydrogens (tertiary/aromatic N) is 2. The number of hydrogen-bond donors (Lipinski definition) is 5. The first-order valence-electron chi connectivity index (χ1n) is 19.4. The molecule has 0 bridgehead atoms. The highest BCUT2D eigenvalue weighted by Crippen LogP contribution is 2.37. The molecular formula is C46H48ClN5O7. The number of aromatic nitrogens is 1. The van der Waals surface area contributed by atoms with Crippen LogP contribution >= 0.6 is 11.6 Å². The lowest BCUT2D eigenvalue weighted by Gasteiger charge is -2.25. The first-order chi connectivity index (χ1) is 28.5. The summed E-state index contributed by atoms with van der Waals surface area (Å²) >= 11 is 6.77. The molecule has 2 atom stereocenters. The van der Waals surface area contributed by atoms with Crippen molar-refractivity contribution in [3.8, 4) is 45.6 Å². The van der Waals surface area contributed by atoms with Crippen LogP contribution in [0.2, 0.25) is 5.02 Å². The van der Waals surface area contributed by atoms with Crippen molar-refractivity contribution in [2.75, 3.05) is 26.3 Å². The van der Waals surface area contributed by atoms with Crippen molar-refractivity contribution < 1.29 is 34.0 Å². The van der Waals surface area contributed by atoms with E-state index in [0.717, 1.165) is 57.7 Å². The zero-order valence-electron chi connectivity index (χ0n) is 33.3. The Hall–Kier alpha value is -5.97. The van der Waals surface area contributed by atoms with Gasteiger partial charge in [-0.1, -0.05) is 60.1 Å². The molecule has 12 nitrogen and oxygen atoms in total. The maximum atomic E-state index is 11.9. The fourth-order valence-corrected chi connectivity index (χ4v) is 7.08. The molecule has 0 radical (unpaired) electrons. The van der Waals surface area contributed by atoms with E-state index in [9.17, 15) is 25.1 Å². The standard InChI is InChI=1S/C46H48ClN5O7/c1-29-34(27-59-43-20-42(58-26-32-18-31(21-48)22-50-23-32)35(19-41(43)47)24-51-46(3,28-53)45(55)56)6-4-8-39(29)40-9-5-7-38(30(40)2)33-10-13-37(14-11-33)57-17-16-49-25-36-12-15-44(54)52-36/h4-11,13-14,18-20,22-23,36,49,51,53H,12,15-17,24-28H2,1-3H3,(H,52,54)(H,55,56)/t36-,46-/m0/s1. The van der Waals surface area contributed by atoms with Crippen LogP contribution in [-0.2, 0) is 29.3 Å². The summed E-state index contributed by atoms with van der Waals surface area (Å²) < 4.78 is 18.5. The number of amides is 1. The molecule has 59 heavy (non-hydrogen) atoms. The number of aliphatic carboxylic acids is 1. The lowest BCUT2D eigenvalue weighted by atomic mass is 9.89. The minimum atomic E-state index is -1.60. The molecule has 5 aromatic rings. The van der Waals surface area contributed by atoms with Crippen LogP contribution in [0.1, 0.15) is 53.1 Å².